The van der Waals surface area contributed by atoms with Crippen LogP contribution >= 0.6 is 22.6 Å². The fourth-order valence-corrected chi connectivity index (χ4v) is 2.46. The van der Waals surface area contributed by atoms with Crippen LogP contribution in [-0.4, -0.2) is 35.1 Å². The minimum Gasteiger partial charge on any atom is -0.391 e. The summed E-state index contributed by atoms with van der Waals surface area (Å²) < 4.78 is 14.4. The van der Waals surface area contributed by atoms with E-state index in [4.69, 9.17) is 0 Å². The number of amides is 1. The molecule has 1 heterocycles. The highest BCUT2D eigenvalue weighted by Crippen LogP contribution is 2.18. The Morgan fingerprint density at radius 2 is 2.29 bits per heavy atom. The summed E-state index contributed by atoms with van der Waals surface area (Å²) in [4.78, 5) is 13.6. The second-order valence-electron chi connectivity index (χ2n) is 4.17. The first-order valence-corrected chi connectivity index (χ1v) is 6.58. The summed E-state index contributed by atoms with van der Waals surface area (Å²) in [6.07, 6.45) is 0.982. The average Bonchev–Trinajstić information content (AvgIpc) is 2.31. The van der Waals surface area contributed by atoms with Crippen molar-refractivity contribution in [1.29, 1.82) is 0 Å². The van der Waals surface area contributed by atoms with Crippen molar-refractivity contribution in [3.8, 4) is 0 Å². The Balaban J connectivity index is 2.21. The first-order chi connectivity index (χ1) is 8.08. The van der Waals surface area contributed by atoms with Crippen LogP contribution in [0.15, 0.2) is 18.2 Å². The fourth-order valence-electron chi connectivity index (χ4n) is 1.97. The van der Waals surface area contributed by atoms with E-state index in [1.165, 1.54) is 11.0 Å². The molecule has 1 aromatic carbocycles. The van der Waals surface area contributed by atoms with Gasteiger partial charge in [-0.05, 0) is 53.6 Å². The molecule has 0 saturated carbocycles. The molecule has 5 heteroatoms. The van der Waals surface area contributed by atoms with Gasteiger partial charge in [-0.15, -0.1) is 0 Å². The molecule has 92 valence electrons. The van der Waals surface area contributed by atoms with E-state index in [1.54, 1.807) is 12.1 Å². The molecule has 0 aliphatic carbocycles. The van der Waals surface area contributed by atoms with Crippen LogP contribution in [0.4, 0.5) is 4.39 Å². The van der Waals surface area contributed by atoms with Gasteiger partial charge in [0.25, 0.3) is 5.91 Å². The minimum atomic E-state index is -0.504. The Morgan fingerprint density at radius 1 is 1.53 bits per heavy atom. The van der Waals surface area contributed by atoms with Crippen LogP contribution in [0.5, 0.6) is 0 Å². The Morgan fingerprint density at radius 3 is 3.00 bits per heavy atom. The van der Waals surface area contributed by atoms with Crippen molar-refractivity contribution < 1.29 is 14.3 Å². The zero-order valence-corrected chi connectivity index (χ0v) is 11.4. The van der Waals surface area contributed by atoms with Gasteiger partial charge in [-0.3, -0.25) is 4.79 Å². The lowest BCUT2D eigenvalue weighted by atomic mass is 10.1. The van der Waals surface area contributed by atoms with E-state index in [1.807, 2.05) is 22.6 Å². The summed E-state index contributed by atoms with van der Waals surface area (Å²) in [5.74, 6) is -0.838. The molecule has 1 aliphatic heterocycles. The summed E-state index contributed by atoms with van der Waals surface area (Å²) in [6, 6.07) is 4.46. The standard InChI is InChI=1S/C12H13FINO2/c13-11-4-3-8(14)6-10(11)12(17)15-5-1-2-9(16)7-15/h3-4,6,9,16H,1-2,5,7H2/t9-/m0/s1. The Hall–Kier alpha value is -0.690. The van der Waals surface area contributed by atoms with E-state index in [0.717, 1.165) is 9.99 Å². The van der Waals surface area contributed by atoms with Gasteiger partial charge in [0.05, 0.1) is 11.7 Å². The van der Waals surface area contributed by atoms with Crippen molar-refractivity contribution in [3.05, 3.63) is 33.1 Å². The summed E-state index contributed by atoms with van der Waals surface area (Å²) >= 11 is 2.04. The molecule has 3 nitrogen and oxygen atoms in total. The molecule has 0 bridgehead atoms. The molecule has 1 N–H and O–H groups in total. The predicted octanol–water partition coefficient (Wildman–Crippen LogP) is 2.03. The van der Waals surface area contributed by atoms with Crippen LogP contribution in [0.2, 0.25) is 0 Å². The maximum atomic E-state index is 13.6. The zero-order valence-electron chi connectivity index (χ0n) is 9.20. The minimum absolute atomic E-state index is 0.0889. The Kier molecular flexibility index (Phi) is 3.98. The number of aliphatic hydroxyl groups excluding tert-OH is 1. The SMILES string of the molecule is O=C(c1cc(I)ccc1F)N1CCC[C@H](O)C1. The third kappa shape index (κ3) is 2.95. The molecule has 2 rings (SSSR count). The number of hydrogen-bond acceptors (Lipinski definition) is 2. The van der Waals surface area contributed by atoms with Gasteiger partial charge in [-0.2, -0.15) is 0 Å². The molecular formula is C12H13FINO2. The lowest BCUT2D eigenvalue weighted by Crippen LogP contribution is -2.42. The molecule has 17 heavy (non-hydrogen) atoms. The van der Waals surface area contributed by atoms with Gasteiger partial charge in [-0.1, -0.05) is 0 Å². The quantitative estimate of drug-likeness (QED) is 0.789. The monoisotopic (exact) mass is 349 g/mol. The number of piperidine rings is 1. The maximum Gasteiger partial charge on any atom is 0.256 e. The van der Waals surface area contributed by atoms with Crippen LogP contribution in [0, 0.1) is 9.39 Å². The van der Waals surface area contributed by atoms with E-state index < -0.39 is 11.9 Å². The van der Waals surface area contributed by atoms with Gasteiger partial charge >= 0.3 is 0 Å². The number of aliphatic hydroxyl groups is 1. The topological polar surface area (TPSA) is 40.5 Å². The van der Waals surface area contributed by atoms with E-state index in [2.05, 4.69) is 0 Å². The summed E-state index contributed by atoms with van der Waals surface area (Å²) in [5, 5.41) is 9.51. The molecule has 1 saturated heterocycles. The largest absolute Gasteiger partial charge is 0.391 e. The first-order valence-electron chi connectivity index (χ1n) is 5.50. The highest BCUT2D eigenvalue weighted by Gasteiger charge is 2.24. The molecule has 1 aliphatic rings. The van der Waals surface area contributed by atoms with Gasteiger partial charge in [0.2, 0.25) is 0 Å². The number of rotatable bonds is 1. The van der Waals surface area contributed by atoms with Gasteiger partial charge in [-0.25, -0.2) is 4.39 Å². The highest BCUT2D eigenvalue weighted by atomic mass is 127. The van der Waals surface area contributed by atoms with Crippen LogP contribution in [0.25, 0.3) is 0 Å². The zero-order chi connectivity index (χ0) is 12.4. The number of halogens is 2. The summed E-state index contributed by atoms with van der Waals surface area (Å²) in [6.45, 7) is 0.880. The van der Waals surface area contributed by atoms with Crippen LogP contribution in [0.3, 0.4) is 0 Å². The number of carbonyl (C=O) groups excluding carboxylic acids is 1. The van der Waals surface area contributed by atoms with Gasteiger partial charge in [0, 0.05) is 16.7 Å². The van der Waals surface area contributed by atoms with Gasteiger partial charge < -0.3 is 10.0 Å². The third-order valence-electron chi connectivity index (χ3n) is 2.84. The van der Waals surface area contributed by atoms with E-state index in [0.29, 0.717) is 19.5 Å². The first kappa shape index (κ1) is 12.8. The second kappa shape index (κ2) is 5.30. The molecule has 1 aromatic rings. The molecule has 1 atom stereocenters. The molecular weight excluding hydrogens is 336 g/mol. The van der Waals surface area contributed by atoms with Crippen LogP contribution in [-0.2, 0) is 0 Å². The van der Waals surface area contributed by atoms with Crippen molar-refractivity contribution in [2.24, 2.45) is 0 Å². The smallest absolute Gasteiger partial charge is 0.256 e. The summed E-state index contributed by atoms with van der Waals surface area (Å²) in [5.41, 5.74) is 0.0889. The molecule has 0 radical (unpaired) electrons. The highest BCUT2D eigenvalue weighted by molar-refractivity contribution is 14.1. The van der Waals surface area contributed by atoms with Crippen molar-refractivity contribution in [3.63, 3.8) is 0 Å². The Labute approximate surface area is 113 Å². The van der Waals surface area contributed by atoms with E-state index >= 15 is 0 Å². The van der Waals surface area contributed by atoms with Crippen molar-refractivity contribution in [1.82, 2.24) is 4.90 Å². The lowest BCUT2D eigenvalue weighted by molar-refractivity contribution is 0.0470. The second-order valence-corrected chi connectivity index (χ2v) is 5.42. The predicted molar refractivity (Wildman–Crippen MR) is 70.3 cm³/mol. The lowest BCUT2D eigenvalue weighted by Gasteiger charge is -2.30. The Bertz CT molecular complexity index is 439. The number of carbonyl (C=O) groups is 1. The molecule has 1 fully saturated rings. The number of β-amino-alcohol motifs (C(OH)–C–C–N with tert-alkyl or cyclic N) is 1. The van der Waals surface area contributed by atoms with Crippen LogP contribution < -0.4 is 0 Å². The number of likely N-dealkylation sites (tertiary alicyclic amines) is 1. The average molecular weight is 349 g/mol. The van der Waals surface area contributed by atoms with Crippen molar-refractivity contribution >= 4 is 28.5 Å². The maximum absolute atomic E-state index is 13.6. The molecule has 1 amide bonds. The van der Waals surface area contributed by atoms with Gasteiger partial charge in [0.15, 0.2) is 0 Å². The molecule has 0 spiro atoms. The molecule has 0 aromatic heterocycles. The summed E-state index contributed by atoms with van der Waals surface area (Å²) in [7, 11) is 0. The van der Waals surface area contributed by atoms with E-state index in [9.17, 15) is 14.3 Å². The number of nitrogens with zero attached hydrogens (tertiary/aromatic N) is 1. The van der Waals surface area contributed by atoms with Crippen molar-refractivity contribution in [2.45, 2.75) is 18.9 Å². The van der Waals surface area contributed by atoms with Crippen LogP contribution in [0.1, 0.15) is 23.2 Å². The van der Waals surface area contributed by atoms with Crippen molar-refractivity contribution in [2.75, 3.05) is 13.1 Å². The number of hydrogen-bond donors (Lipinski definition) is 1. The number of benzene rings is 1. The van der Waals surface area contributed by atoms with Gasteiger partial charge in [0.1, 0.15) is 5.82 Å². The normalized spacial score (nSPS) is 20.4. The fraction of sp³-hybridized carbons (Fsp3) is 0.417. The van der Waals surface area contributed by atoms with E-state index in [-0.39, 0.29) is 11.5 Å². The third-order valence-corrected chi connectivity index (χ3v) is 3.51. The molecule has 0 unspecified atom stereocenters.